The number of aromatic nitrogens is 4. The van der Waals surface area contributed by atoms with E-state index in [9.17, 15) is 0 Å². The summed E-state index contributed by atoms with van der Waals surface area (Å²) in [4.78, 5) is 1.27. The second-order valence-electron chi connectivity index (χ2n) is 2.50. The Hall–Kier alpha value is -1.93. The van der Waals surface area contributed by atoms with Crippen LogP contribution in [-0.4, -0.2) is 20.2 Å². The van der Waals surface area contributed by atoms with Gasteiger partial charge in [-0.25, -0.2) is 0 Å². The molecule has 0 saturated carbocycles. The molecule has 1 heterocycles. The van der Waals surface area contributed by atoms with Crippen molar-refractivity contribution in [2.45, 2.75) is 0 Å². The summed E-state index contributed by atoms with van der Waals surface area (Å²) in [5.41, 5.74) is 0.977. The standard InChI is InChI=1S/C8H4ClN5/c9-7-1-2-8(6(3-7)4-10)14-12-5-11-13-14/h1-3,5H. The summed E-state index contributed by atoms with van der Waals surface area (Å²) in [6, 6.07) is 6.90. The highest BCUT2D eigenvalue weighted by Crippen LogP contribution is 2.17. The molecule has 0 amide bonds. The van der Waals surface area contributed by atoms with Crippen LogP contribution in [0.15, 0.2) is 24.5 Å². The Kier molecular flexibility index (Phi) is 2.13. The molecule has 1 aromatic heterocycles. The molecule has 14 heavy (non-hydrogen) atoms. The van der Waals surface area contributed by atoms with E-state index in [2.05, 4.69) is 15.4 Å². The number of hydrogen-bond donors (Lipinski definition) is 0. The lowest BCUT2D eigenvalue weighted by Crippen LogP contribution is -2.01. The Morgan fingerprint density at radius 3 is 2.93 bits per heavy atom. The Morgan fingerprint density at radius 2 is 2.29 bits per heavy atom. The van der Waals surface area contributed by atoms with Crippen LogP contribution in [0.5, 0.6) is 0 Å². The SMILES string of the molecule is N#Cc1cc(Cl)ccc1-n1ncnn1. The molecule has 2 rings (SSSR count). The topological polar surface area (TPSA) is 67.4 Å². The van der Waals surface area contributed by atoms with Crippen molar-refractivity contribution in [3.8, 4) is 11.8 Å². The minimum Gasteiger partial charge on any atom is -0.192 e. The Labute approximate surface area is 84.5 Å². The molecule has 0 radical (unpaired) electrons. The van der Waals surface area contributed by atoms with Crippen molar-refractivity contribution >= 4 is 11.6 Å². The molecular formula is C8H4ClN5. The maximum absolute atomic E-state index is 8.84. The number of tetrazole rings is 1. The molecule has 68 valence electrons. The fraction of sp³-hybridized carbons (Fsp3) is 0. The molecular weight excluding hydrogens is 202 g/mol. The van der Waals surface area contributed by atoms with Crippen molar-refractivity contribution in [2.24, 2.45) is 0 Å². The van der Waals surface area contributed by atoms with Crippen LogP contribution in [0.4, 0.5) is 0 Å². The van der Waals surface area contributed by atoms with E-state index in [-0.39, 0.29) is 0 Å². The van der Waals surface area contributed by atoms with E-state index < -0.39 is 0 Å². The van der Waals surface area contributed by atoms with Gasteiger partial charge in [0.15, 0.2) is 6.33 Å². The molecule has 1 aromatic carbocycles. The predicted molar refractivity (Wildman–Crippen MR) is 48.9 cm³/mol. The van der Waals surface area contributed by atoms with Gasteiger partial charge >= 0.3 is 0 Å². The summed E-state index contributed by atoms with van der Waals surface area (Å²) in [6.07, 6.45) is 1.30. The molecule has 0 atom stereocenters. The zero-order valence-electron chi connectivity index (χ0n) is 6.92. The zero-order valence-corrected chi connectivity index (χ0v) is 7.68. The molecule has 0 fully saturated rings. The maximum atomic E-state index is 8.84. The lowest BCUT2D eigenvalue weighted by Gasteiger charge is -2.00. The van der Waals surface area contributed by atoms with Crippen molar-refractivity contribution in [1.82, 2.24) is 20.2 Å². The first kappa shape index (κ1) is 8.66. The average Bonchev–Trinajstić information content (AvgIpc) is 2.70. The zero-order chi connectivity index (χ0) is 9.97. The minimum atomic E-state index is 0.413. The molecule has 2 aromatic rings. The molecule has 0 aliphatic carbocycles. The highest BCUT2D eigenvalue weighted by atomic mass is 35.5. The lowest BCUT2D eigenvalue weighted by molar-refractivity contribution is 0.718. The first-order valence-corrected chi connectivity index (χ1v) is 4.12. The van der Waals surface area contributed by atoms with Crippen LogP contribution in [0.1, 0.15) is 5.56 Å². The van der Waals surface area contributed by atoms with Gasteiger partial charge < -0.3 is 0 Å². The van der Waals surface area contributed by atoms with Crippen molar-refractivity contribution in [3.05, 3.63) is 35.1 Å². The summed E-state index contributed by atoms with van der Waals surface area (Å²) in [5, 5.41) is 20.4. The van der Waals surface area contributed by atoms with E-state index in [0.29, 0.717) is 16.3 Å². The van der Waals surface area contributed by atoms with Gasteiger partial charge in [0.05, 0.1) is 5.56 Å². The van der Waals surface area contributed by atoms with Gasteiger partial charge in [-0.2, -0.15) is 5.26 Å². The summed E-state index contributed by atoms with van der Waals surface area (Å²) in [5.74, 6) is 0. The van der Waals surface area contributed by atoms with Gasteiger partial charge in [-0.15, -0.1) is 15.0 Å². The van der Waals surface area contributed by atoms with Crippen LogP contribution in [-0.2, 0) is 0 Å². The highest BCUT2D eigenvalue weighted by molar-refractivity contribution is 6.30. The lowest BCUT2D eigenvalue weighted by atomic mass is 10.2. The molecule has 0 aliphatic heterocycles. The van der Waals surface area contributed by atoms with E-state index in [1.807, 2.05) is 6.07 Å². The third-order valence-electron chi connectivity index (χ3n) is 1.64. The van der Waals surface area contributed by atoms with Gasteiger partial charge in [-0.05, 0) is 23.4 Å². The van der Waals surface area contributed by atoms with Crippen molar-refractivity contribution < 1.29 is 0 Å². The van der Waals surface area contributed by atoms with Crippen molar-refractivity contribution in [1.29, 1.82) is 5.26 Å². The number of nitrogens with zero attached hydrogens (tertiary/aromatic N) is 5. The summed E-state index contributed by atoms with van der Waals surface area (Å²) in [7, 11) is 0. The number of halogens is 1. The first-order valence-electron chi connectivity index (χ1n) is 3.74. The second-order valence-corrected chi connectivity index (χ2v) is 2.94. The third kappa shape index (κ3) is 1.43. The third-order valence-corrected chi connectivity index (χ3v) is 1.88. The largest absolute Gasteiger partial charge is 0.192 e. The molecule has 0 unspecified atom stereocenters. The number of hydrogen-bond acceptors (Lipinski definition) is 4. The van der Waals surface area contributed by atoms with Gasteiger partial charge in [0.2, 0.25) is 0 Å². The average molecular weight is 206 g/mol. The molecule has 0 spiro atoms. The molecule has 0 aliphatic rings. The van der Waals surface area contributed by atoms with E-state index in [1.54, 1.807) is 18.2 Å². The van der Waals surface area contributed by atoms with Gasteiger partial charge in [-0.1, -0.05) is 11.6 Å². The fourth-order valence-corrected chi connectivity index (χ4v) is 1.22. The number of nitriles is 1. The van der Waals surface area contributed by atoms with Crippen molar-refractivity contribution in [3.63, 3.8) is 0 Å². The normalized spacial score (nSPS) is 9.71. The van der Waals surface area contributed by atoms with E-state index >= 15 is 0 Å². The molecule has 0 saturated heterocycles. The van der Waals surface area contributed by atoms with Gasteiger partial charge in [0.25, 0.3) is 0 Å². The van der Waals surface area contributed by atoms with Gasteiger partial charge in [-0.3, -0.25) is 0 Å². The van der Waals surface area contributed by atoms with Crippen LogP contribution in [0.25, 0.3) is 5.69 Å². The van der Waals surface area contributed by atoms with E-state index in [4.69, 9.17) is 16.9 Å². The monoisotopic (exact) mass is 205 g/mol. The van der Waals surface area contributed by atoms with Gasteiger partial charge in [0, 0.05) is 5.02 Å². The molecule has 0 bridgehead atoms. The quantitative estimate of drug-likeness (QED) is 0.701. The van der Waals surface area contributed by atoms with Gasteiger partial charge in [0.1, 0.15) is 11.8 Å². The Morgan fingerprint density at radius 1 is 1.43 bits per heavy atom. The van der Waals surface area contributed by atoms with Crippen LogP contribution in [0, 0.1) is 11.3 Å². The first-order chi connectivity index (χ1) is 6.81. The summed E-state index contributed by atoms with van der Waals surface area (Å²) >= 11 is 5.74. The predicted octanol–water partition coefficient (Wildman–Crippen LogP) is 1.19. The van der Waals surface area contributed by atoms with E-state index in [1.165, 1.54) is 11.1 Å². The Bertz CT molecular complexity index is 485. The van der Waals surface area contributed by atoms with Crippen LogP contribution >= 0.6 is 11.6 Å². The smallest absolute Gasteiger partial charge is 0.162 e. The maximum Gasteiger partial charge on any atom is 0.162 e. The summed E-state index contributed by atoms with van der Waals surface area (Å²) in [6.45, 7) is 0. The molecule has 5 nitrogen and oxygen atoms in total. The Balaban J connectivity index is 2.60. The number of benzene rings is 1. The van der Waals surface area contributed by atoms with Crippen LogP contribution in [0.3, 0.4) is 0 Å². The molecule has 0 N–H and O–H groups in total. The molecule has 6 heteroatoms. The number of rotatable bonds is 1. The second kappa shape index (κ2) is 3.44. The fourth-order valence-electron chi connectivity index (χ4n) is 1.05. The highest BCUT2D eigenvalue weighted by Gasteiger charge is 2.06. The van der Waals surface area contributed by atoms with E-state index in [0.717, 1.165) is 0 Å². The minimum absolute atomic E-state index is 0.413. The summed E-state index contributed by atoms with van der Waals surface area (Å²) < 4.78 is 0. The van der Waals surface area contributed by atoms with Crippen LogP contribution in [0.2, 0.25) is 5.02 Å². The van der Waals surface area contributed by atoms with Crippen molar-refractivity contribution in [2.75, 3.05) is 0 Å². The van der Waals surface area contributed by atoms with Crippen LogP contribution < -0.4 is 0 Å².